The summed E-state index contributed by atoms with van der Waals surface area (Å²) in [5.74, 6) is 1.63. The van der Waals surface area contributed by atoms with Crippen molar-refractivity contribution in [2.45, 2.75) is 32.0 Å². The lowest BCUT2D eigenvalue weighted by Crippen LogP contribution is -2.16. The number of nitrogens with one attached hydrogen (secondary N) is 1. The summed E-state index contributed by atoms with van der Waals surface area (Å²) in [6, 6.07) is 8.77. The van der Waals surface area contributed by atoms with E-state index < -0.39 is 0 Å². The summed E-state index contributed by atoms with van der Waals surface area (Å²) >= 11 is 5.23. The molecule has 0 radical (unpaired) electrons. The first kappa shape index (κ1) is 14.9. The standard InChI is InChI=1S/C16H18BrNO2S/c1-19-14-4-2-3-11(9-18-12-5-6-12)16(14)20-10-15-13(17)7-8-21-15/h2-4,7-8,12,18H,5-6,9-10H2,1H3. The molecule has 3 nitrogen and oxygen atoms in total. The number of hydrogen-bond donors (Lipinski definition) is 1. The maximum atomic E-state index is 6.05. The van der Waals surface area contributed by atoms with E-state index in [1.165, 1.54) is 17.7 Å². The van der Waals surface area contributed by atoms with Gasteiger partial charge in [0.15, 0.2) is 11.5 Å². The fraction of sp³-hybridized carbons (Fsp3) is 0.375. The predicted molar refractivity (Wildman–Crippen MR) is 89.2 cm³/mol. The number of halogens is 1. The molecule has 112 valence electrons. The highest BCUT2D eigenvalue weighted by atomic mass is 79.9. The largest absolute Gasteiger partial charge is 0.493 e. The van der Waals surface area contributed by atoms with Gasteiger partial charge in [0.2, 0.25) is 0 Å². The molecule has 5 heteroatoms. The van der Waals surface area contributed by atoms with Crippen LogP contribution in [0.25, 0.3) is 0 Å². The van der Waals surface area contributed by atoms with Crippen molar-refractivity contribution in [1.29, 1.82) is 0 Å². The Labute approximate surface area is 137 Å². The fourth-order valence-corrected chi connectivity index (χ4v) is 3.51. The van der Waals surface area contributed by atoms with E-state index >= 15 is 0 Å². The zero-order valence-corrected chi connectivity index (χ0v) is 14.3. The minimum Gasteiger partial charge on any atom is -0.493 e. The average molecular weight is 368 g/mol. The molecule has 2 aromatic rings. The molecule has 1 aliphatic rings. The number of methoxy groups -OCH3 is 1. The van der Waals surface area contributed by atoms with Gasteiger partial charge in [-0.25, -0.2) is 0 Å². The van der Waals surface area contributed by atoms with Gasteiger partial charge in [-0.3, -0.25) is 0 Å². The normalized spacial score (nSPS) is 14.2. The molecule has 0 saturated heterocycles. The van der Waals surface area contributed by atoms with Gasteiger partial charge in [0.1, 0.15) is 6.61 Å². The lowest BCUT2D eigenvalue weighted by Gasteiger charge is -2.15. The topological polar surface area (TPSA) is 30.5 Å². The molecule has 0 spiro atoms. The number of rotatable bonds is 7. The summed E-state index contributed by atoms with van der Waals surface area (Å²) in [7, 11) is 1.68. The van der Waals surface area contributed by atoms with E-state index in [1.807, 2.05) is 18.2 Å². The van der Waals surface area contributed by atoms with Crippen LogP contribution in [0.5, 0.6) is 11.5 Å². The Morgan fingerprint density at radius 2 is 2.19 bits per heavy atom. The second-order valence-electron chi connectivity index (χ2n) is 5.08. The van der Waals surface area contributed by atoms with E-state index in [4.69, 9.17) is 9.47 Å². The Morgan fingerprint density at radius 1 is 1.33 bits per heavy atom. The number of hydrogen-bond acceptors (Lipinski definition) is 4. The monoisotopic (exact) mass is 367 g/mol. The molecule has 1 aromatic heterocycles. The molecule has 0 unspecified atom stereocenters. The van der Waals surface area contributed by atoms with Crippen molar-refractivity contribution in [2.75, 3.05) is 7.11 Å². The Balaban J connectivity index is 1.75. The second-order valence-corrected chi connectivity index (χ2v) is 6.94. The Kier molecular flexibility index (Phi) is 4.83. The molecule has 1 saturated carbocycles. The van der Waals surface area contributed by atoms with Crippen LogP contribution in [0, 0.1) is 0 Å². The Morgan fingerprint density at radius 3 is 2.86 bits per heavy atom. The highest BCUT2D eigenvalue weighted by Gasteiger charge is 2.21. The van der Waals surface area contributed by atoms with E-state index in [9.17, 15) is 0 Å². The van der Waals surface area contributed by atoms with Crippen LogP contribution in [0.4, 0.5) is 0 Å². The summed E-state index contributed by atoms with van der Waals surface area (Å²) in [6.07, 6.45) is 2.56. The van der Waals surface area contributed by atoms with Gasteiger partial charge in [-0.15, -0.1) is 11.3 Å². The first-order chi connectivity index (χ1) is 10.3. The molecular weight excluding hydrogens is 350 g/mol. The van der Waals surface area contributed by atoms with Crippen molar-refractivity contribution < 1.29 is 9.47 Å². The van der Waals surface area contributed by atoms with Crippen LogP contribution < -0.4 is 14.8 Å². The van der Waals surface area contributed by atoms with Gasteiger partial charge in [-0.2, -0.15) is 0 Å². The van der Waals surface area contributed by atoms with Crippen LogP contribution in [0.15, 0.2) is 34.1 Å². The highest BCUT2D eigenvalue weighted by Crippen LogP contribution is 2.34. The van der Waals surface area contributed by atoms with Gasteiger partial charge in [-0.1, -0.05) is 12.1 Å². The third kappa shape index (κ3) is 3.78. The number of ether oxygens (including phenoxy) is 2. The van der Waals surface area contributed by atoms with Crippen molar-refractivity contribution in [3.63, 3.8) is 0 Å². The average Bonchev–Trinajstić information content (AvgIpc) is 3.25. The minimum atomic E-state index is 0.551. The van der Waals surface area contributed by atoms with Gasteiger partial charge >= 0.3 is 0 Å². The lowest BCUT2D eigenvalue weighted by atomic mass is 10.2. The highest BCUT2D eigenvalue weighted by molar-refractivity contribution is 9.10. The molecule has 0 aliphatic heterocycles. The van der Waals surface area contributed by atoms with Gasteiger partial charge in [0.25, 0.3) is 0 Å². The van der Waals surface area contributed by atoms with E-state index in [1.54, 1.807) is 18.4 Å². The number of benzene rings is 1. The lowest BCUT2D eigenvalue weighted by molar-refractivity contribution is 0.283. The zero-order chi connectivity index (χ0) is 14.7. The molecule has 0 amide bonds. The SMILES string of the molecule is COc1cccc(CNC2CC2)c1OCc1sccc1Br. The first-order valence-electron chi connectivity index (χ1n) is 7.02. The Bertz CT molecular complexity index is 610. The van der Waals surface area contributed by atoms with Gasteiger partial charge in [0.05, 0.1) is 12.0 Å². The predicted octanol–water partition coefficient (Wildman–Crippen LogP) is 4.35. The Hall–Kier alpha value is -1.04. The zero-order valence-electron chi connectivity index (χ0n) is 11.9. The number of para-hydroxylation sites is 1. The molecule has 0 atom stereocenters. The number of thiophene rings is 1. The van der Waals surface area contributed by atoms with Crippen LogP contribution in [0.2, 0.25) is 0 Å². The van der Waals surface area contributed by atoms with E-state index in [0.29, 0.717) is 12.6 Å². The molecule has 0 bridgehead atoms. The molecule has 1 fully saturated rings. The van der Waals surface area contributed by atoms with E-state index in [2.05, 4.69) is 32.7 Å². The molecule has 1 N–H and O–H groups in total. The molecule has 1 heterocycles. The van der Waals surface area contributed by atoms with Gasteiger partial charge < -0.3 is 14.8 Å². The van der Waals surface area contributed by atoms with Crippen molar-refractivity contribution >= 4 is 27.3 Å². The van der Waals surface area contributed by atoms with Crippen LogP contribution in [0.1, 0.15) is 23.3 Å². The van der Waals surface area contributed by atoms with Gasteiger partial charge in [-0.05, 0) is 46.3 Å². The molecule has 21 heavy (non-hydrogen) atoms. The molecule has 1 aliphatic carbocycles. The van der Waals surface area contributed by atoms with Gasteiger partial charge in [0, 0.05) is 22.6 Å². The third-order valence-corrected chi connectivity index (χ3v) is 5.38. The first-order valence-corrected chi connectivity index (χ1v) is 8.69. The quantitative estimate of drug-likeness (QED) is 0.788. The summed E-state index contributed by atoms with van der Waals surface area (Å²) in [5.41, 5.74) is 1.15. The summed E-state index contributed by atoms with van der Waals surface area (Å²) in [6.45, 7) is 1.37. The third-order valence-electron chi connectivity index (χ3n) is 3.48. The van der Waals surface area contributed by atoms with Crippen molar-refractivity contribution in [3.05, 3.63) is 44.6 Å². The fourth-order valence-electron chi connectivity index (χ4n) is 2.13. The second kappa shape index (κ2) is 6.81. The maximum absolute atomic E-state index is 6.05. The van der Waals surface area contributed by atoms with Crippen LogP contribution in [0.3, 0.4) is 0 Å². The van der Waals surface area contributed by atoms with Crippen molar-refractivity contribution in [3.8, 4) is 11.5 Å². The van der Waals surface area contributed by atoms with E-state index in [-0.39, 0.29) is 0 Å². The van der Waals surface area contributed by atoms with Crippen LogP contribution in [-0.2, 0) is 13.2 Å². The maximum Gasteiger partial charge on any atom is 0.166 e. The molecule has 3 rings (SSSR count). The molecular formula is C16H18BrNO2S. The van der Waals surface area contributed by atoms with Crippen LogP contribution >= 0.6 is 27.3 Å². The smallest absolute Gasteiger partial charge is 0.166 e. The van der Waals surface area contributed by atoms with Crippen molar-refractivity contribution in [1.82, 2.24) is 5.32 Å². The van der Waals surface area contributed by atoms with Crippen molar-refractivity contribution in [2.24, 2.45) is 0 Å². The summed E-state index contributed by atoms with van der Waals surface area (Å²) in [5, 5.41) is 5.58. The summed E-state index contributed by atoms with van der Waals surface area (Å²) < 4.78 is 12.6. The minimum absolute atomic E-state index is 0.551. The summed E-state index contributed by atoms with van der Waals surface area (Å²) in [4.78, 5) is 1.18. The van der Waals surface area contributed by atoms with Crippen LogP contribution in [-0.4, -0.2) is 13.2 Å². The van der Waals surface area contributed by atoms with E-state index in [0.717, 1.165) is 28.1 Å². The molecule has 1 aromatic carbocycles.